The monoisotopic (exact) mass is 524 g/mol. The van der Waals surface area contributed by atoms with E-state index in [0.717, 1.165) is 6.92 Å². The Morgan fingerprint density at radius 3 is 2.03 bits per heavy atom. The zero-order valence-corrected chi connectivity index (χ0v) is 18.5. The van der Waals surface area contributed by atoms with Gasteiger partial charge in [0.15, 0.2) is 0 Å². The molecule has 3 aromatic rings. The SMILES string of the molecule is CCc1cc(C(F)(C(F)(F)F)C(F)(F)C(F)(F)F)cc(C)c1NC(=O)c1ccc(-n2cncn2)cc1. The van der Waals surface area contributed by atoms with Gasteiger partial charge in [0, 0.05) is 16.8 Å². The molecule has 0 aliphatic rings. The lowest BCUT2D eigenvalue weighted by Crippen LogP contribution is -2.59. The maximum Gasteiger partial charge on any atom is 0.457 e. The number of halogens is 9. The van der Waals surface area contributed by atoms with Crippen LogP contribution in [0.15, 0.2) is 49.1 Å². The van der Waals surface area contributed by atoms with Crippen LogP contribution in [0.5, 0.6) is 0 Å². The fourth-order valence-corrected chi connectivity index (χ4v) is 3.53. The van der Waals surface area contributed by atoms with Crippen molar-refractivity contribution < 1.29 is 44.3 Å². The topological polar surface area (TPSA) is 59.8 Å². The van der Waals surface area contributed by atoms with E-state index in [1.54, 1.807) is 0 Å². The predicted octanol–water partition coefficient (Wildman–Crippen LogP) is 6.32. The van der Waals surface area contributed by atoms with Crippen LogP contribution >= 0.6 is 0 Å². The van der Waals surface area contributed by atoms with Gasteiger partial charge in [-0.15, -0.1) is 0 Å². The molecule has 1 amide bonds. The Morgan fingerprint density at radius 1 is 0.944 bits per heavy atom. The van der Waals surface area contributed by atoms with Crippen molar-refractivity contribution in [3.05, 3.63) is 71.3 Å². The van der Waals surface area contributed by atoms with Crippen molar-refractivity contribution in [1.29, 1.82) is 0 Å². The Morgan fingerprint density at radius 2 is 1.56 bits per heavy atom. The summed E-state index contributed by atoms with van der Waals surface area (Å²) in [6.07, 6.45) is -11.0. The number of anilines is 1. The van der Waals surface area contributed by atoms with Gasteiger partial charge in [-0.3, -0.25) is 4.79 Å². The van der Waals surface area contributed by atoms with Gasteiger partial charge in [0.25, 0.3) is 5.91 Å². The lowest BCUT2D eigenvalue weighted by atomic mass is 9.85. The highest BCUT2D eigenvalue weighted by molar-refractivity contribution is 6.05. The van der Waals surface area contributed by atoms with Gasteiger partial charge in [-0.2, -0.15) is 40.2 Å². The predicted molar refractivity (Wildman–Crippen MR) is 110 cm³/mol. The third-order valence-electron chi connectivity index (χ3n) is 5.43. The number of aromatic nitrogens is 3. The first kappa shape index (κ1) is 27.0. The number of carbonyl (C=O) groups excluding carboxylic acids is 1. The molecule has 1 N–H and O–H groups in total. The van der Waals surface area contributed by atoms with Gasteiger partial charge < -0.3 is 5.32 Å². The van der Waals surface area contributed by atoms with E-state index in [1.807, 2.05) is 0 Å². The lowest BCUT2D eigenvalue weighted by molar-refractivity contribution is -0.389. The van der Waals surface area contributed by atoms with Gasteiger partial charge >= 0.3 is 23.9 Å². The molecular formula is C22H17F9N4O. The van der Waals surface area contributed by atoms with E-state index in [1.165, 1.54) is 48.5 Å². The minimum absolute atomic E-state index is 0.0862. The minimum Gasteiger partial charge on any atom is -0.321 e. The fourth-order valence-electron chi connectivity index (χ4n) is 3.53. The first-order chi connectivity index (χ1) is 16.5. The molecule has 36 heavy (non-hydrogen) atoms. The largest absolute Gasteiger partial charge is 0.457 e. The molecule has 0 aliphatic heterocycles. The van der Waals surface area contributed by atoms with Crippen LogP contribution in [-0.2, 0) is 12.1 Å². The third-order valence-corrected chi connectivity index (χ3v) is 5.43. The summed E-state index contributed by atoms with van der Waals surface area (Å²) in [4.78, 5) is 16.5. The molecule has 0 saturated carbocycles. The number of hydrogen-bond acceptors (Lipinski definition) is 3. The smallest absolute Gasteiger partial charge is 0.321 e. The highest BCUT2D eigenvalue weighted by Crippen LogP contribution is 2.58. The van der Waals surface area contributed by atoms with Crippen molar-refractivity contribution in [1.82, 2.24) is 14.8 Å². The second-order valence-electron chi connectivity index (χ2n) is 7.75. The maximum atomic E-state index is 14.9. The summed E-state index contributed by atoms with van der Waals surface area (Å²) in [6.45, 7) is 2.39. The number of nitrogens with one attached hydrogen (secondary N) is 1. The highest BCUT2D eigenvalue weighted by atomic mass is 19.4. The van der Waals surface area contributed by atoms with E-state index < -0.39 is 35.4 Å². The molecule has 3 rings (SSSR count). The van der Waals surface area contributed by atoms with Gasteiger partial charge in [0.2, 0.25) is 0 Å². The first-order valence-corrected chi connectivity index (χ1v) is 10.1. The summed E-state index contributed by atoms with van der Waals surface area (Å²) in [5, 5.41) is 6.31. The average molecular weight is 524 g/mol. The van der Waals surface area contributed by atoms with Crippen LogP contribution < -0.4 is 5.32 Å². The van der Waals surface area contributed by atoms with E-state index in [-0.39, 0.29) is 40.9 Å². The zero-order chi connectivity index (χ0) is 27.1. The van der Waals surface area contributed by atoms with Gasteiger partial charge in [-0.25, -0.2) is 14.1 Å². The van der Waals surface area contributed by atoms with E-state index in [2.05, 4.69) is 15.4 Å². The quantitative estimate of drug-likeness (QED) is 0.385. The standard InChI is InChI=1S/C22H17F9N4O/c1-3-13-9-15(19(23,21(26,27)28)20(24,25)22(29,30)31)8-12(2)17(13)34-18(36)14-4-6-16(7-5-14)35-11-32-10-33-35/h4-11H,3H2,1-2H3,(H,34,36). The molecule has 5 nitrogen and oxygen atoms in total. The van der Waals surface area contributed by atoms with Crippen molar-refractivity contribution in [2.45, 2.75) is 44.2 Å². The number of alkyl halides is 9. The van der Waals surface area contributed by atoms with Gasteiger partial charge in [-0.05, 0) is 54.8 Å². The summed E-state index contributed by atoms with van der Waals surface area (Å²) < 4.78 is 123. The summed E-state index contributed by atoms with van der Waals surface area (Å²) in [7, 11) is 0. The maximum absolute atomic E-state index is 14.9. The second-order valence-corrected chi connectivity index (χ2v) is 7.75. The Kier molecular flexibility index (Phi) is 6.85. The van der Waals surface area contributed by atoms with Gasteiger partial charge in [0.05, 0.1) is 5.69 Å². The van der Waals surface area contributed by atoms with Crippen LogP contribution in [-0.4, -0.2) is 38.9 Å². The molecule has 0 spiro atoms. The van der Waals surface area contributed by atoms with Crippen molar-refractivity contribution >= 4 is 11.6 Å². The van der Waals surface area contributed by atoms with Gasteiger partial charge in [-0.1, -0.05) is 13.0 Å². The van der Waals surface area contributed by atoms with Crippen molar-refractivity contribution in [3.63, 3.8) is 0 Å². The Labute approximate surface area is 197 Å². The van der Waals surface area contributed by atoms with Crippen LogP contribution in [0.2, 0.25) is 0 Å². The molecule has 1 atom stereocenters. The fraction of sp³-hybridized carbons (Fsp3) is 0.318. The number of amides is 1. The number of nitrogens with zero attached hydrogens (tertiary/aromatic N) is 3. The van der Waals surface area contributed by atoms with E-state index in [0.29, 0.717) is 5.69 Å². The molecule has 0 radical (unpaired) electrons. The summed E-state index contributed by atoms with van der Waals surface area (Å²) in [5.41, 5.74) is -8.12. The molecule has 0 bridgehead atoms. The summed E-state index contributed by atoms with van der Waals surface area (Å²) >= 11 is 0. The van der Waals surface area contributed by atoms with Crippen LogP contribution in [0.25, 0.3) is 5.69 Å². The van der Waals surface area contributed by atoms with Crippen molar-refractivity contribution in [2.24, 2.45) is 0 Å². The normalized spacial score (nSPS) is 14.4. The third kappa shape index (κ3) is 4.51. The first-order valence-electron chi connectivity index (χ1n) is 10.1. The van der Waals surface area contributed by atoms with Crippen molar-refractivity contribution in [3.8, 4) is 5.69 Å². The summed E-state index contributed by atoms with van der Waals surface area (Å²) in [5.74, 6) is -7.54. The van der Waals surface area contributed by atoms with E-state index in [9.17, 15) is 44.3 Å². The Bertz CT molecular complexity index is 1240. The molecule has 194 valence electrons. The van der Waals surface area contributed by atoms with Gasteiger partial charge in [0.1, 0.15) is 12.7 Å². The number of aryl methyl sites for hydroxylation is 2. The van der Waals surface area contributed by atoms with Crippen LogP contribution in [0.4, 0.5) is 45.2 Å². The molecular weight excluding hydrogens is 507 g/mol. The number of hydrogen-bond donors (Lipinski definition) is 1. The van der Waals surface area contributed by atoms with E-state index >= 15 is 0 Å². The molecule has 1 heterocycles. The summed E-state index contributed by atoms with van der Waals surface area (Å²) in [6, 6.07) is 6.28. The molecule has 1 aromatic heterocycles. The van der Waals surface area contributed by atoms with Crippen LogP contribution in [0.1, 0.15) is 34.0 Å². The van der Waals surface area contributed by atoms with Crippen molar-refractivity contribution in [2.75, 3.05) is 5.32 Å². The molecule has 14 heteroatoms. The second kappa shape index (κ2) is 9.13. The average Bonchev–Trinajstić information content (AvgIpc) is 3.33. The van der Waals surface area contributed by atoms with Crippen LogP contribution in [0.3, 0.4) is 0 Å². The molecule has 2 aromatic carbocycles. The molecule has 0 aliphatic carbocycles. The Hall–Kier alpha value is -3.58. The number of rotatable bonds is 6. The van der Waals surface area contributed by atoms with Crippen LogP contribution in [0, 0.1) is 6.92 Å². The minimum atomic E-state index is -6.83. The number of benzene rings is 2. The molecule has 0 saturated heterocycles. The highest BCUT2D eigenvalue weighted by Gasteiger charge is 2.81. The number of carbonyl (C=O) groups is 1. The Balaban J connectivity index is 2.01. The molecule has 1 unspecified atom stereocenters. The zero-order valence-electron chi connectivity index (χ0n) is 18.5. The molecule has 0 fully saturated rings. The van der Waals surface area contributed by atoms with E-state index in [4.69, 9.17) is 0 Å². The lowest BCUT2D eigenvalue weighted by Gasteiger charge is -2.36.